The highest BCUT2D eigenvalue weighted by atomic mass is 15.3. The first-order valence-electron chi connectivity index (χ1n) is 12.6. The van der Waals surface area contributed by atoms with Crippen molar-refractivity contribution < 1.29 is 0 Å². The first-order chi connectivity index (χ1) is 18.0. The zero-order valence-corrected chi connectivity index (χ0v) is 22.0. The van der Waals surface area contributed by atoms with Crippen LogP contribution in [0.1, 0.15) is 23.6 Å². The van der Waals surface area contributed by atoms with Crippen molar-refractivity contribution in [1.29, 1.82) is 0 Å². The molecule has 186 valence electrons. The van der Waals surface area contributed by atoms with Crippen LogP contribution in [0.25, 0.3) is 5.57 Å². The number of benzene rings is 4. The van der Waals surface area contributed by atoms with Gasteiger partial charge in [0.15, 0.2) is 0 Å². The predicted molar refractivity (Wildman–Crippen MR) is 162 cm³/mol. The molecule has 4 rings (SSSR count). The molecular weight excluding hydrogens is 450 g/mol. The third-order valence-corrected chi connectivity index (χ3v) is 6.59. The fourth-order valence-corrected chi connectivity index (χ4v) is 4.64. The number of hydrogen-bond donors (Lipinski definition) is 1. The van der Waals surface area contributed by atoms with Crippen LogP contribution in [-0.4, -0.2) is 14.1 Å². The number of rotatable bonds is 10. The third-order valence-electron chi connectivity index (χ3n) is 6.59. The van der Waals surface area contributed by atoms with Gasteiger partial charge in [0.1, 0.15) is 5.82 Å². The molecule has 0 heterocycles. The maximum atomic E-state index is 4.53. The molecule has 0 amide bonds. The van der Waals surface area contributed by atoms with E-state index in [0.29, 0.717) is 0 Å². The summed E-state index contributed by atoms with van der Waals surface area (Å²) in [6.45, 7) is 10.7. The van der Waals surface area contributed by atoms with E-state index in [9.17, 15) is 0 Å². The number of aryl methyl sites for hydroxylation is 1. The van der Waals surface area contributed by atoms with E-state index in [1.54, 1.807) is 0 Å². The van der Waals surface area contributed by atoms with Gasteiger partial charge in [-0.05, 0) is 59.5 Å². The van der Waals surface area contributed by atoms with Gasteiger partial charge < -0.3 is 15.1 Å². The van der Waals surface area contributed by atoms with E-state index in [2.05, 4.69) is 128 Å². The van der Waals surface area contributed by atoms with Crippen LogP contribution >= 0.6 is 0 Å². The Morgan fingerprint density at radius 1 is 0.730 bits per heavy atom. The molecule has 3 heteroatoms. The molecular formula is C34H35N3. The molecule has 0 atom stereocenters. The Labute approximate surface area is 221 Å². The van der Waals surface area contributed by atoms with Crippen molar-refractivity contribution in [2.45, 2.75) is 13.3 Å². The van der Waals surface area contributed by atoms with Crippen LogP contribution < -0.4 is 15.1 Å². The Bertz CT molecular complexity index is 1400. The van der Waals surface area contributed by atoms with Crippen molar-refractivity contribution in [3.05, 3.63) is 151 Å². The molecule has 0 saturated heterocycles. The molecule has 4 aromatic rings. The molecule has 4 aromatic carbocycles. The van der Waals surface area contributed by atoms with E-state index in [0.717, 1.165) is 46.1 Å². The van der Waals surface area contributed by atoms with Crippen LogP contribution in [0, 0.1) is 0 Å². The van der Waals surface area contributed by atoms with Gasteiger partial charge in [-0.15, -0.1) is 0 Å². The third kappa shape index (κ3) is 5.68. The summed E-state index contributed by atoms with van der Waals surface area (Å²) >= 11 is 0. The summed E-state index contributed by atoms with van der Waals surface area (Å²) in [6.07, 6.45) is 4.83. The van der Waals surface area contributed by atoms with Crippen LogP contribution in [0.4, 0.5) is 22.7 Å². The Hall–Kier alpha value is -4.50. The number of allylic oxidation sites excluding steroid dienone is 2. The maximum Gasteiger partial charge on any atom is 0.112 e. The van der Waals surface area contributed by atoms with E-state index in [1.807, 2.05) is 36.4 Å². The fraction of sp³-hybridized carbons (Fsp3) is 0.118. The maximum absolute atomic E-state index is 4.53. The van der Waals surface area contributed by atoms with E-state index < -0.39 is 0 Å². The van der Waals surface area contributed by atoms with Gasteiger partial charge >= 0.3 is 0 Å². The van der Waals surface area contributed by atoms with Gasteiger partial charge in [-0.1, -0.05) is 99.0 Å². The predicted octanol–water partition coefficient (Wildman–Crippen LogP) is 8.65. The summed E-state index contributed by atoms with van der Waals surface area (Å²) in [4.78, 5) is 4.39. The lowest BCUT2D eigenvalue weighted by Crippen LogP contribution is -2.31. The molecule has 0 unspecified atom stereocenters. The second-order valence-electron chi connectivity index (χ2n) is 8.89. The number of para-hydroxylation sites is 4. The average Bonchev–Trinajstić information content (AvgIpc) is 2.95. The Kier molecular flexibility index (Phi) is 8.27. The molecule has 0 bridgehead atoms. The number of hydrogen-bond acceptors (Lipinski definition) is 3. The van der Waals surface area contributed by atoms with Crippen molar-refractivity contribution in [3.63, 3.8) is 0 Å². The zero-order chi connectivity index (χ0) is 26.2. The first kappa shape index (κ1) is 25.6. The lowest BCUT2D eigenvalue weighted by molar-refractivity contribution is 0.975. The molecule has 0 fully saturated rings. The highest BCUT2D eigenvalue weighted by molar-refractivity contribution is 5.87. The number of anilines is 4. The fourth-order valence-electron chi connectivity index (χ4n) is 4.64. The monoisotopic (exact) mass is 485 g/mol. The second kappa shape index (κ2) is 12.0. The average molecular weight is 486 g/mol. The van der Waals surface area contributed by atoms with Gasteiger partial charge in [-0.25, -0.2) is 0 Å². The lowest BCUT2D eigenvalue weighted by Gasteiger charge is -2.33. The van der Waals surface area contributed by atoms with Crippen LogP contribution in [0.15, 0.2) is 134 Å². The SMILES string of the molecule is C=C/C=C(/N(C)c1ccccc1Nc1ccccc1)N(C)c1ccccc1C(=C)c1ccccc1CC. The van der Waals surface area contributed by atoms with Crippen molar-refractivity contribution in [2.75, 3.05) is 29.2 Å². The molecule has 3 nitrogen and oxygen atoms in total. The van der Waals surface area contributed by atoms with Crippen molar-refractivity contribution in [1.82, 2.24) is 0 Å². The normalized spacial score (nSPS) is 11.1. The molecule has 37 heavy (non-hydrogen) atoms. The van der Waals surface area contributed by atoms with E-state index >= 15 is 0 Å². The molecule has 0 aliphatic rings. The summed E-state index contributed by atoms with van der Waals surface area (Å²) in [6, 6.07) is 35.5. The Morgan fingerprint density at radius 3 is 2.00 bits per heavy atom. The van der Waals surface area contributed by atoms with Gasteiger partial charge in [0.05, 0.1) is 11.4 Å². The van der Waals surface area contributed by atoms with Crippen molar-refractivity contribution in [3.8, 4) is 0 Å². The molecule has 1 N–H and O–H groups in total. The van der Waals surface area contributed by atoms with Crippen LogP contribution in [0.2, 0.25) is 0 Å². The van der Waals surface area contributed by atoms with Gasteiger partial charge in [0, 0.05) is 31.0 Å². The highest BCUT2D eigenvalue weighted by Crippen LogP contribution is 2.36. The summed E-state index contributed by atoms with van der Waals surface area (Å²) in [5, 5.41) is 3.57. The topological polar surface area (TPSA) is 18.5 Å². The second-order valence-corrected chi connectivity index (χ2v) is 8.89. The first-order valence-corrected chi connectivity index (χ1v) is 12.6. The smallest absolute Gasteiger partial charge is 0.112 e. The summed E-state index contributed by atoms with van der Waals surface area (Å²) in [5.41, 5.74) is 8.80. The molecule has 0 aromatic heterocycles. The quantitative estimate of drug-likeness (QED) is 0.227. The minimum absolute atomic E-state index is 0.961. The van der Waals surface area contributed by atoms with Crippen LogP contribution in [0.3, 0.4) is 0 Å². The summed E-state index contributed by atoms with van der Waals surface area (Å²) < 4.78 is 0. The zero-order valence-electron chi connectivity index (χ0n) is 22.0. The standard InChI is InChI=1S/C34H35N3/c1-6-17-34(37(5)33-25-16-14-23-31(33)35-28-19-9-8-10-20-28)36(4)32-24-15-13-22-30(32)26(3)29-21-12-11-18-27(29)7-2/h6,8-25,35H,1,3,7H2,2,4-5H3/b34-17+. The molecule has 0 saturated carbocycles. The number of nitrogens with zero attached hydrogens (tertiary/aromatic N) is 2. The van der Waals surface area contributed by atoms with E-state index in [-0.39, 0.29) is 0 Å². The largest absolute Gasteiger partial charge is 0.354 e. The van der Waals surface area contributed by atoms with Crippen molar-refractivity contribution in [2.24, 2.45) is 0 Å². The Balaban J connectivity index is 1.72. The minimum Gasteiger partial charge on any atom is -0.354 e. The summed E-state index contributed by atoms with van der Waals surface area (Å²) in [5.74, 6) is 0.987. The highest BCUT2D eigenvalue weighted by Gasteiger charge is 2.19. The van der Waals surface area contributed by atoms with Crippen LogP contribution in [-0.2, 0) is 6.42 Å². The van der Waals surface area contributed by atoms with E-state index in [1.165, 1.54) is 11.1 Å². The Morgan fingerprint density at radius 2 is 1.30 bits per heavy atom. The van der Waals surface area contributed by atoms with Gasteiger partial charge in [0.25, 0.3) is 0 Å². The molecule has 0 aliphatic heterocycles. The molecule has 0 aliphatic carbocycles. The number of nitrogens with one attached hydrogen (secondary N) is 1. The molecule has 0 spiro atoms. The minimum atomic E-state index is 0.961. The summed E-state index contributed by atoms with van der Waals surface area (Å²) in [7, 11) is 4.18. The lowest BCUT2D eigenvalue weighted by atomic mass is 9.93. The van der Waals surface area contributed by atoms with Crippen LogP contribution in [0.5, 0.6) is 0 Å². The van der Waals surface area contributed by atoms with E-state index in [4.69, 9.17) is 0 Å². The van der Waals surface area contributed by atoms with Gasteiger partial charge in [-0.2, -0.15) is 0 Å². The van der Waals surface area contributed by atoms with Gasteiger partial charge in [-0.3, -0.25) is 0 Å². The van der Waals surface area contributed by atoms with Crippen molar-refractivity contribution >= 4 is 28.3 Å². The molecule has 0 radical (unpaired) electrons. The van der Waals surface area contributed by atoms with Gasteiger partial charge in [0.2, 0.25) is 0 Å².